The summed E-state index contributed by atoms with van der Waals surface area (Å²) in [7, 11) is -3.89. The van der Waals surface area contributed by atoms with Crippen molar-refractivity contribution in [3.63, 3.8) is 0 Å². The van der Waals surface area contributed by atoms with Crippen LogP contribution >= 0.6 is 11.6 Å². The number of rotatable bonds is 6. The van der Waals surface area contributed by atoms with E-state index in [-0.39, 0.29) is 21.9 Å². The van der Waals surface area contributed by atoms with Gasteiger partial charge in [-0.05, 0) is 12.5 Å². The molecule has 2 rings (SSSR count). The van der Waals surface area contributed by atoms with E-state index in [0.717, 1.165) is 12.3 Å². The van der Waals surface area contributed by atoms with Crippen LogP contribution in [0.2, 0.25) is 5.02 Å². The summed E-state index contributed by atoms with van der Waals surface area (Å²) in [5, 5.41) is 4.99. The Hall–Kier alpha value is -1.03. The van der Waals surface area contributed by atoms with Crippen LogP contribution in [0.5, 0.6) is 5.88 Å². The zero-order chi connectivity index (χ0) is 16.3. The Morgan fingerprint density at radius 1 is 1.50 bits per heavy atom. The maximum absolute atomic E-state index is 12.7. The Labute approximate surface area is 132 Å². The number of primary sulfonamides is 1. The van der Waals surface area contributed by atoms with Crippen molar-refractivity contribution in [3.8, 4) is 5.88 Å². The molecule has 124 valence electrons. The van der Waals surface area contributed by atoms with Crippen LogP contribution in [0.25, 0.3) is 0 Å². The summed E-state index contributed by atoms with van der Waals surface area (Å²) in [6.07, 6.45) is 1.31. The fourth-order valence-corrected chi connectivity index (χ4v) is 2.98. The molecular formula is C12H16ClF2N3O3S. The van der Waals surface area contributed by atoms with Crippen LogP contribution in [0.3, 0.4) is 0 Å². The summed E-state index contributed by atoms with van der Waals surface area (Å²) in [6.45, 7) is -0.653. The molecular weight excluding hydrogens is 340 g/mol. The third-order valence-corrected chi connectivity index (χ3v) is 4.59. The maximum atomic E-state index is 12.7. The normalized spacial score (nSPS) is 19.8. The minimum atomic E-state index is -3.89. The molecule has 1 aliphatic heterocycles. The third kappa shape index (κ3) is 4.03. The number of hydrogen-bond donors (Lipinski definition) is 1. The first kappa shape index (κ1) is 17.3. The lowest BCUT2D eigenvalue weighted by atomic mass is 10.3. The van der Waals surface area contributed by atoms with Gasteiger partial charge in [-0.3, -0.25) is 4.90 Å². The predicted octanol–water partition coefficient (Wildman–Crippen LogP) is 1.14. The Morgan fingerprint density at radius 3 is 2.73 bits per heavy atom. The number of pyridine rings is 1. The lowest BCUT2D eigenvalue weighted by Gasteiger charge is -2.22. The van der Waals surface area contributed by atoms with E-state index in [9.17, 15) is 17.2 Å². The van der Waals surface area contributed by atoms with E-state index in [1.807, 2.05) is 0 Å². The molecule has 0 aliphatic carbocycles. The van der Waals surface area contributed by atoms with Crippen LogP contribution in [0.15, 0.2) is 17.2 Å². The third-order valence-electron chi connectivity index (χ3n) is 3.44. The molecule has 1 aromatic heterocycles. The molecule has 0 aromatic carbocycles. The number of aromatic nitrogens is 1. The van der Waals surface area contributed by atoms with Gasteiger partial charge in [-0.15, -0.1) is 0 Å². The molecule has 0 saturated carbocycles. The van der Waals surface area contributed by atoms with E-state index in [0.29, 0.717) is 19.5 Å². The average molecular weight is 356 g/mol. The van der Waals surface area contributed by atoms with Gasteiger partial charge >= 0.3 is 0 Å². The molecule has 2 N–H and O–H groups in total. The summed E-state index contributed by atoms with van der Waals surface area (Å²) < 4.78 is 53.3. The zero-order valence-electron chi connectivity index (χ0n) is 11.6. The van der Waals surface area contributed by atoms with Crippen molar-refractivity contribution in [2.24, 2.45) is 5.14 Å². The number of halogens is 3. The highest BCUT2D eigenvalue weighted by Crippen LogP contribution is 2.27. The summed E-state index contributed by atoms with van der Waals surface area (Å²) in [6, 6.07) is 0.388. The van der Waals surface area contributed by atoms with E-state index in [4.69, 9.17) is 21.5 Å². The molecule has 1 aliphatic rings. The van der Waals surface area contributed by atoms with Crippen molar-refractivity contribution in [1.29, 1.82) is 0 Å². The highest BCUT2D eigenvalue weighted by atomic mass is 35.5. The van der Waals surface area contributed by atoms with Crippen LogP contribution in [-0.2, 0) is 10.0 Å². The number of sulfonamides is 1. The van der Waals surface area contributed by atoms with Crippen molar-refractivity contribution in [2.75, 3.05) is 26.4 Å². The number of ether oxygens (including phenoxy) is 1. The molecule has 1 aromatic rings. The van der Waals surface area contributed by atoms with Crippen LogP contribution in [-0.4, -0.2) is 56.9 Å². The first-order valence-corrected chi connectivity index (χ1v) is 8.48. The van der Waals surface area contributed by atoms with Gasteiger partial charge in [0.25, 0.3) is 0 Å². The fourth-order valence-electron chi connectivity index (χ4n) is 2.23. The van der Waals surface area contributed by atoms with Crippen LogP contribution in [0.1, 0.15) is 6.42 Å². The molecule has 1 saturated heterocycles. The number of likely N-dealkylation sites (tertiary alicyclic amines) is 1. The Morgan fingerprint density at radius 2 is 2.18 bits per heavy atom. The van der Waals surface area contributed by atoms with Gasteiger partial charge in [0, 0.05) is 13.1 Å². The van der Waals surface area contributed by atoms with E-state index in [1.54, 1.807) is 4.90 Å². The number of alkyl halides is 2. The van der Waals surface area contributed by atoms with Crippen molar-refractivity contribution in [2.45, 2.75) is 23.5 Å². The van der Waals surface area contributed by atoms with Gasteiger partial charge < -0.3 is 4.74 Å². The minimum Gasteiger partial charge on any atom is -0.472 e. The largest absolute Gasteiger partial charge is 0.472 e. The quantitative estimate of drug-likeness (QED) is 0.827. The lowest BCUT2D eigenvalue weighted by Crippen LogP contribution is -2.38. The monoisotopic (exact) mass is 355 g/mol. The first-order valence-electron chi connectivity index (χ1n) is 6.56. The highest BCUT2D eigenvalue weighted by molar-refractivity contribution is 7.89. The maximum Gasteiger partial charge on any atom is 0.239 e. The fraction of sp³-hybridized carbons (Fsp3) is 0.583. The van der Waals surface area contributed by atoms with E-state index in [2.05, 4.69) is 4.98 Å². The molecule has 6 nitrogen and oxygen atoms in total. The number of nitrogens with two attached hydrogens (primary N) is 1. The lowest BCUT2D eigenvalue weighted by molar-refractivity contribution is 0.139. The number of hydrogen-bond acceptors (Lipinski definition) is 5. The van der Waals surface area contributed by atoms with Crippen LogP contribution in [0.4, 0.5) is 8.78 Å². The van der Waals surface area contributed by atoms with Crippen molar-refractivity contribution in [3.05, 3.63) is 17.3 Å². The molecule has 0 amide bonds. The van der Waals surface area contributed by atoms with Gasteiger partial charge in [0.05, 0.1) is 12.2 Å². The molecule has 0 unspecified atom stereocenters. The number of nitrogens with zero attached hydrogens (tertiary/aromatic N) is 2. The summed E-state index contributed by atoms with van der Waals surface area (Å²) in [5.74, 6) is 0.0676. The SMILES string of the molecule is NS(=O)(=O)c1cnc(O[C@@H]2CCN(C(CF)CF)C2)c(Cl)c1. The molecule has 0 bridgehead atoms. The summed E-state index contributed by atoms with van der Waals surface area (Å²) in [5.41, 5.74) is 0. The molecule has 0 spiro atoms. The van der Waals surface area contributed by atoms with Gasteiger partial charge in [-0.25, -0.2) is 27.3 Å². The smallest absolute Gasteiger partial charge is 0.239 e. The van der Waals surface area contributed by atoms with Gasteiger partial charge in [0.2, 0.25) is 15.9 Å². The Bertz CT molecular complexity index is 628. The van der Waals surface area contributed by atoms with E-state index in [1.165, 1.54) is 0 Å². The van der Waals surface area contributed by atoms with Crippen LogP contribution < -0.4 is 9.88 Å². The highest BCUT2D eigenvalue weighted by Gasteiger charge is 2.30. The van der Waals surface area contributed by atoms with Gasteiger partial charge in [0.1, 0.15) is 29.4 Å². The minimum absolute atomic E-state index is 0.0116. The molecule has 0 radical (unpaired) electrons. The second-order valence-corrected chi connectivity index (χ2v) is 6.96. The summed E-state index contributed by atoms with van der Waals surface area (Å²) in [4.78, 5) is 5.29. The standard InChI is InChI=1S/C12H16ClF2N3O3S/c13-11-3-10(22(16,19)20)6-17-12(11)21-9-1-2-18(7-9)8(4-14)5-15/h3,6,8-9H,1-2,4-5,7H2,(H2,16,19,20)/t9-/m1/s1. The Balaban J connectivity index is 2.03. The van der Waals surface area contributed by atoms with Crippen molar-refractivity contribution >= 4 is 21.6 Å². The zero-order valence-corrected chi connectivity index (χ0v) is 13.2. The molecule has 10 heteroatoms. The van der Waals surface area contributed by atoms with Crippen molar-refractivity contribution in [1.82, 2.24) is 9.88 Å². The predicted molar refractivity (Wildman–Crippen MR) is 77.0 cm³/mol. The van der Waals surface area contributed by atoms with E-state index >= 15 is 0 Å². The molecule has 2 heterocycles. The van der Waals surface area contributed by atoms with E-state index < -0.39 is 29.4 Å². The van der Waals surface area contributed by atoms with Gasteiger partial charge in [0.15, 0.2) is 0 Å². The molecule has 22 heavy (non-hydrogen) atoms. The molecule has 1 atom stereocenters. The second-order valence-electron chi connectivity index (χ2n) is 4.99. The molecule has 1 fully saturated rings. The van der Waals surface area contributed by atoms with Crippen molar-refractivity contribution < 1.29 is 21.9 Å². The first-order chi connectivity index (χ1) is 10.3. The van der Waals surface area contributed by atoms with Gasteiger partial charge in [-0.1, -0.05) is 11.6 Å². The second kappa shape index (κ2) is 7.03. The topological polar surface area (TPSA) is 85.5 Å². The Kier molecular flexibility index (Phi) is 5.54. The summed E-state index contributed by atoms with van der Waals surface area (Å²) >= 11 is 5.93. The van der Waals surface area contributed by atoms with Crippen LogP contribution in [0, 0.1) is 0 Å². The average Bonchev–Trinajstić information content (AvgIpc) is 2.90. The van der Waals surface area contributed by atoms with Gasteiger partial charge in [-0.2, -0.15) is 0 Å².